The number of carbonyl (C=O) groups excluding carboxylic acids is 2. The van der Waals surface area contributed by atoms with E-state index >= 15 is 0 Å². The van der Waals surface area contributed by atoms with Gasteiger partial charge in [-0.3, -0.25) is 9.59 Å². The summed E-state index contributed by atoms with van der Waals surface area (Å²) in [6.45, 7) is 1.85. The number of anilines is 2. The van der Waals surface area contributed by atoms with Gasteiger partial charge in [-0.25, -0.2) is 0 Å². The van der Waals surface area contributed by atoms with Crippen molar-refractivity contribution >= 4 is 39.1 Å². The maximum atomic E-state index is 12.3. The molecule has 1 aromatic heterocycles. The van der Waals surface area contributed by atoms with Gasteiger partial charge in [-0.05, 0) is 70.9 Å². The molecule has 0 aliphatic heterocycles. The second-order valence-corrected chi connectivity index (χ2v) is 6.25. The minimum absolute atomic E-state index is 0.209. The zero-order valence-electron chi connectivity index (χ0n) is 13.4. The summed E-state index contributed by atoms with van der Waals surface area (Å²) in [5, 5.41) is 5.63. The first-order valence-corrected chi connectivity index (χ1v) is 8.35. The number of rotatable bonds is 4. The Bertz CT molecular complexity index is 920. The predicted octanol–water partition coefficient (Wildman–Crippen LogP) is 4.86. The van der Waals surface area contributed by atoms with Crippen LogP contribution in [0.25, 0.3) is 0 Å². The minimum Gasteiger partial charge on any atom is -0.459 e. The third-order valence-electron chi connectivity index (χ3n) is 3.60. The zero-order chi connectivity index (χ0) is 17.8. The third kappa shape index (κ3) is 3.97. The van der Waals surface area contributed by atoms with Crippen molar-refractivity contribution in [3.63, 3.8) is 0 Å². The molecule has 0 aliphatic carbocycles. The van der Waals surface area contributed by atoms with E-state index in [0.717, 1.165) is 10.0 Å². The van der Waals surface area contributed by atoms with Gasteiger partial charge in [0.25, 0.3) is 11.8 Å². The average molecular weight is 399 g/mol. The average Bonchev–Trinajstić information content (AvgIpc) is 3.12. The van der Waals surface area contributed by atoms with E-state index in [9.17, 15) is 9.59 Å². The molecule has 2 aromatic carbocycles. The van der Waals surface area contributed by atoms with Crippen molar-refractivity contribution in [2.24, 2.45) is 0 Å². The first kappa shape index (κ1) is 17.0. The molecular formula is C19H15BrN2O3. The van der Waals surface area contributed by atoms with Crippen LogP contribution >= 0.6 is 15.9 Å². The van der Waals surface area contributed by atoms with Crippen molar-refractivity contribution in [2.45, 2.75) is 6.92 Å². The molecule has 3 rings (SSSR count). The molecule has 2 N–H and O–H groups in total. The lowest BCUT2D eigenvalue weighted by atomic mass is 10.1. The lowest BCUT2D eigenvalue weighted by Crippen LogP contribution is -2.14. The molecule has 0 unspecified atom stereocenters. The SMILES string of the molecule is Cc1cc(NC(=O)c2ccccc2Br)ccc1NC(=O)c1ccco1. The highest BCUT2D eigenvalue weighted by molar-refractivity contribution is 9.10. The van der Waals surface area contributed by atoms with E-state index in [2.05, 4.69) is 26.6 Å². The molecule has 25 heavy (non-hydrogen) atoms. The molecule has 2 amide bonds. The number of amides is 2. The first-order valence-electron chi connectivity index (χ1n) is 7.56. The Hall–Kier alpha value is -2.86. The summed E-state index contributed by atoms with van der Waals surface area (Å²) in [6.07, 6.45) is 1.45. The van der Waals surface area contributed by atoms with E-state index < -0.39 is 0 Å². The van der Waals surface area contributed by atoms with Gasteiger partial charge in [0.2, 0.25) is 0 Å². The van der Waals surface area contributed by atoms with E-state index in [1.165, 1.54) is 6.26 Å². The van der Waals surface area contributed by atoms with Gasteiger partial charge in [0.05, 0.1) is 11.8 Å². The summed E-state index contributed by atoms with van der Waals surface area (Å²) >= 11 is 3.37. The van der Waals surface area contributed by atoms with Gasteiger partial charge in [0.1, 0.15) is 0 Å². The standard InChI is InChI=1S/C19H15BrN2O3/c1-12-11-13(21-18(23)14-5-2-3-6-15(14)20)8-9-16(12)22-19(24)17-7-4-10-25-17/h2-11H,1H3,(H,21,23)(H,22,24). The van der Waals surface area contributed by atoms with Gasteiger partial charge in [0.15, 0.2) is 5.76 Å². The van der Waals surface area contributed by atoms with Crippen molar-refractivity contribution in [3.8, 4) is 0 Å². The smallest absolute Gasteiger partial charge is 0.291 e. The molecule has 0 aliphatic rings. The molecule has 1 heterocycles. The summed E-state index contributed by atoms with van der Waals surface area (Å²) in [7, 11) is 0. The van der Waals surface area contributed by atoms with Crippen LogP contribution in [0.15, 0.2) is 69.8 Å². The number of furan rings is 1. The fraction of sp³-hybridized carbons (Fsp3) is 0.0526. The molecule has 5 nitrogen and oxygen atoms in total. The summed E-state index contributed by atoms with van der Waals surface area (Å²) in [5.41, 5.74) is 2.68. The number of carbonyl (C=O) groups is 2. The topological polar surface area (TPSA) is 71.3 Å². The highest BCUT2D eigenvalue weighted by Crippen LogP contribution is 2.22. The zero-order valence-corrected chi connectivity index (χ0v) is 15.0. The maximum Gasteiger partial charge on any atom is 0.291 e. The second kappa shape index (κ2) is 7.36. The Labute approximate surface area is 153 Å². The van der Waals surface area contributed by atoms with E-state index in [-0.39, 0.29) is 17.6 Å². The highest BCUT2D eigenvalue weighted by atomic mass is 79.9. The molecule has 6 heteroatoms. The van der Waals surface area contributed by atoms with E-state index in [4.69, 9.17) is 4.42 Å². The van der Waals surface area contributed by atoms with Crippen molar-refractivity contribution in [3.05, 3.63) is 82.2 Å². The van der Waals surface area contributed by atoms with Gasteiger partial charge in [-0.1, -0.05) is 12.1 Å². The molecule has 0 saturated heterocycles. The fourth-order valence-electron chi connectivity index (χ4n) is 2.32. The molecule has 0 saturated carbocycles. The molecule has 3 aromatic rings. The molecular weight excluding hydrogens is 384 g/mol. The van der Waals surface area contributed by atoms with Crippen molar-refractivity contribution in [1.82, 2.24) is 0 Å². The number of nitrogens with one attached hydrogen (secondary N) is 2. The largest absolute Gasteiger partial charge is 0.459 e. The summed E-state index contributed by atoms with van der Waals surface area (Å²) < 4.78 is 5.80. The van der Waals surface area contributed by atoms with Gasteiger partial charge in [-0.2, -0.15) is 0 Å². The first-order chi connectivity index (χ1) is 12.0. The molecule has 126 valence electrons. The lowest BCUT2D eigenvalue weighted by molar-refractivity contribution is 0.0994. The normalized spacial score (nSPS) is 10.3. The lowest BCUT2D eigenvalue weighted by Gasteiger charge is -2.11. The fourth-order valence-corrected chi connectivity index (χ4v) is 2.78. The summed E-state index contributed by atoms with van der Waals surface area (Å²) in [5.74, 6) is -0.289. The Kier molecular flexibility index (Phi) is 5.00. The van der Waals surface area contributed by atoms with Crippen LogP contribution in [0.5, 0.6) is 0 Å². The van der Waals surface area contributed by atoms with E-state index in [0.29, 0.717) is 16.9 Å². The Morgan fingerprint density at radius 3 is 2.44 bits per heavy atom. The number of hydrogen-bond acceptors (Lipinski definition) is 3. The van der Waals surface area contributed by atoms with Crippen LogP contribution in [-0.2, 0) is 0 Å². The monoisotopic (exact) mass is 398 g/mol. The second-order valence-electron chi connectivity index (χ2n) is 5.40. The maximum absolute atomic E-state index is 12.3. The molecule has 0 atom stereocenters. The van der Waals surface area contributed by atoms with Crippen molar-refractivity contribution in [1.29, 1.82) is 0 Å². The third-order valence-corrected chi connectivity index (χ3v) is 4.29. The van der Waals surface area contributed by atoms with E-state index in [1.807, 2.05) is 19.1 Å². The highest BCUT2D eigenvalue weighted by Gasteiger charge is 2.12. The number of benzene rings is 2. The Morgan fingerprint density at radius 1 is 0.960 bits per heavy atom. The number of hydrogen-bond donors (Lipinski definition) is 2. The predicted molar refractivity (Wildman–Crippen MR) is 99.9 cm³/mol. The van der Waals surface area contributed by atoms with Crippen LogP contribution in [0.4, 0.5) is 11.4 Å². The van der Waals surface area contributed by atoms with Crippen molar-refractivity contribution in [2.75, 3.05) is 10.6 Å². The van der Waals surface area contributed by atoms with Crippen LogP contribution in [0.2, 0.25) is 0 Å². The summed E-state index contributed by atoms with van der Waals surface area (Å²) in [6, 6.07) is 15.7. The van der Waals surface area contributed by atoms with Crippen LogP contribution < -0.4 is 10.6 Å². The van der Waals surface area contributed by atoms with Gasteiger partial charge in [-0.15, -0.1) is 0 Å². The Morgan fingerprint density at radius 2 is 1.76 bits per heavy atom. The molecule has 0 radical (unpaired) electrons. The van der Waals surface area contributed by atoms with Crippen LogP contribution in [0, 0.1) is 6.92 Å². The van der Waals surface area contributed by atoms with Gasteiger partial charge in [0, 0.05) is 15.8 Å². The molecule has 0 bridgehead atoms. The summed E-state index contributed by atoms with van der Waals surface area (Å²) in [4.78, 5) is 24.4. The minimum atomic E-state index is -0.321. The molecule has 0 spiro atoms. The molecule has 0 fully saturated rings. The van der Waals surface area contributed by atoms with Crippen molar-refractivity contribution < 1.29 is 14.0 Å². The van der Waals surface area contributed by atoms with Crippen LogP contribution in [0.3, 0.4) is 0 Å². The van der Waals surface area contributed by atoms with Crippen LogP contribution in [0.1, 0.15) is 26.5 Å². The van der Waals surface area contributed by atoms with Crippen LogP contribution in [-0.4, -0.2) is 11.8 Å². The van der Waals surface area contributed by atoms with Gasteiger partial charge < -0.3 is 15.1 Å². The number of aryl methyl sites for hydroxylation is 1. The quantitative estimate of drug-likeness (QED) is 0.659. The van der Waals surface area contributed by atoms with E-state index in [1.54, 1.807) is 42.5 Å². The number of halogens is 1. The van der Waals surface area contributed by atoms with Gasteiger partial charge >= 0.3 is 0 Å². The Balaban J connectivity index is 1.73.